The quantitative estimate of drug-likeness (QED) is 0.653. The smallest absolute Gasteiger partial charge is 0.276 e. The molecule has 2 rings (SSSR count). The lowest BCUT2D eigenvalue weighted by atomic mass is 10.1. The monoisotopic (exact) mass is 292 g/mol. The number of nitrogens with two attached hydrogens (primary N) is 1. The van der Waals surface area contributed by atoms with Crippen LogP contribution in [-0.4, -0.2) is 16.5 Å². The zero-order valence-corrected chi connectivity index (χ0v) is 11.3. The molecule has 1 aromatic carbocycles. The molecule has 2 aromatic rings. The van der Waals surface area contributed by atoms with Gasteiger partial charge in [0.25, 0.3) is 5.69 Å². The first-order chi connectivity index (χ1) is 9.54. The van der Waals surface area contributed by atoms with E-state index in [1.807, 2.05) is 24.3 Å². The summed E-state index contributed by atoms with van der Waals surface area (Å²) in [6, 6.07) is 10.1. The van der Waals surface area contributed by atoms with E-state index in [-0.39, 0.29) is 11.5 Å². The number of pyridine rings is 1. The number of halogens is 1. The average Bonchev–Trinajstić information content (AvgIpc) is 2.40. The number of aromatic nitrogens is 1. The van der Waals surface area contributed by atoms with E-state index in [0.29, 0.717) is 17.4 Å². The van der Waals surface area contributed by atoms with Crippen molar-refractivity contribution in [3.63, 3.8) is 0 Å². The van der Waals surface area contributed by atoms with Crippen LogP contribution in [-0.2, 0) is 6.42 Å². The summed E-state index contributed by atoms with van der Waals surface area (Å²) < 4.78 is 0. The van der Waals surface area contributed by atoms with Crippen LogP contribution >= 0.6 is 11.6 Å². The van der Waals surface area contributed by atoms with Crippen LogP contribution in [0.3, 0.4) is 0 Å². The molecule has 7 heteroatoms. The minimum atomic E-state index is -0.498. The minimum Gasteiger partial charge on any atom is -0.383 e. The van der Waals surface area contributed by atoms with Crippen LogP contribution in [0.1, 0.15) is 5.56 Å². The van der Waals surface area contributed by atoms with Gasteiger partial charge in [0.15, 0.2) is 0 Å². The number of anilines is 2. The van der Waals surface area contributed by atoms with Gasteiger partial charge in [-0.05, 0) is 24.1 Å². The molecule has 0 spiro atoms. The van der Waals surface area contributed by atoms with Crippen molar-refractivity contribution < 1.29 is 4.92 Å². The van der Waals surface area contributed by atoms with Crippen LogP contribution < -0.4 is 11.1 Å². The molecule has 0 bridgehead atoms. The number of nitro groups is 1. The molecule has 0 atom stereocenters. The van der Waals surface area contributed by atoms with Crippen molar-refractivity contribution in [2.24, 2.45) is 0 Å². The second-order valence-corrected chi connectivity index (χ2v) is 4.63. The molecular formula is C13H13ClN4O2. The maximum atomic E-state index is 10.7. The third-order valence-electron chi connectivity index (χ3n) is 2.67. The summed E-state index contributed by atoms with van der Waals surface area (Å²) in [5, 5.41) is 14.4. The first-order valence-electron chi connectivity index (χ1n) is 5.95. The first-order valence-corrected chi connectivity index (χ1v) is 6.32. The number of hydrogen-bond acceptors (Lipinski definition) is 5. The molecule has 1 aromatic heterocycles. The Bertz CT molecular complexity index is 616. The molecule has 1 heterocycles. The highest BCUT2D eigenvalue weighted by molar-refractivity contribution is 6.30. The van der Waals surface area contributed by atoms with Crippen LogP contribution in [0, 0.1) is 10.1 Å². The molecular weight excluding hydrogens is 280 g/mol. The van der Waals surface area contributed by atoms with Gasteiger partial charge in [-0.15, -0.1) is 0 Å². The Morgan fingerprint density at radius 3 is 2.65 bits per heavy atom. The zero-order valence-electron chi connectivity index (χ0n) is 10.5. The highest BCUT2D eigenvalue weighted by Gasteiger charge is 2.09. The maximum Gasteiger partial charge on any atom is 0.276 e. The summed E-state index contributed by atoms with van der Waals surface area (Å²) in [5.74, 6) is 0.513. The molecule has 0 aliphatic heterocycles. The lowest BCUT2D eigenvalue weighted by molar-refractivity contribution is -0.384. The van der Waals surface area contributed by atoms with Crippen molar-refractivity contribution >= 4 is 28.9 Å². The predicted molar refractivity (Wildman–Crippen MR) is 78.9 cm³/mol. The molecule has 20 heavy (non-hydrogen) atoms. The van der Waals surface area contributed by atoms with Gasteiger partial charge < -0.3 is 11.1 Å². The third-order valence-corrected chi connectivity index (χ3v) is 2.93. The normalized spacial score (nSPS) is 10.2. The first kappa shape index (κ1) is 14.1. The van der Waals surface area contributed by atoms with Gasteiger partial charge in [-0.1, -0.05) is 23.7 Å². The molecule has 0 aliphatic rings. The molecule has 0 saturated heterocycles. The van der Waals surface area contributed by atoms with Gasteiger partial charge in [0.2, 0.25) is 0 Å². The Hall–Kier alpha value is -2.34. The molecule has 3 N–H and O–H groups in total. The molecule has 0 saturated carbocycles. The van der Waals surface area contributed by atoms with Crippen LogP contribution in [0.2, 0.25) is 5.02 Å². The lowest BCUT2D eigenvalue weighted by Crippen LogP contribution is -2.07. The van der Waals surface area contributed by atoms with Gasteiger partial charge in [0.05, 0.1) is 17.1 Å². The van der Waals surface area contributed by atoms with E-state index < -0.39 is 4.92 Å². The SMILES string of the molecule is Nc1cc([N+](=O)[O-])cc(NCCc2ccc(Cl)cc2)n1. The van der Waals surface area contributed by atoms with Gasteiger partial charge in [-0.25, -0.2) is 4.98 Å². The lowest BCUT2D eigenvalue weighted by Gasteiger charge is -2.06. The zero-order chi connectivity index (χ0) is 14.5. The molecule has 0 unspecified atom stereocenters. The number of hydrogen-bond donors (Lipinski definition) is 2. The molecule has 0 amide bonds. The molecule has 0 fully saturated rings. The van der Waals surface area contributed by atoms with E-state index in [1.54, 1.807) is 0 Å². The number of rotatable bonds is 5. The Morgan fingerprint density at radius 1 is 1.30 bits per heavy atom. The fourth-order valence-corrected chi connectivity index (χ4v) is 1.84. The van der Waals surface area contributed by atoms with E-state index in [4.69, 9.17) is 17.3 Å². The summed E-state index contributed by atoms with van der Waals surface area (Å²) in [7, 11) is 0. The second kappa shape index (κ2) is 6.21. The second-order valence-electron chi connectivity index (χ2n) is 4.20. The molecule has 0 aliphatic carbocycles. The van der Waals surface area contributed by atoms with Gasteiger partial charge >= 0.3 is 0 Å². The van der Waals surface area contributed by atoms with Crippen molar-refractivity contribution in [2.75, 3.05) is 17.6 Å². The Kier molecular flexibility index (Phi) is 4.37. The summed E-state index contributed by atoms with van der Waals surface area (Å²) in [6.07, 6.45) is 0.751. The molecule has 0 radical (unpaired) electrons. The maximum absolute atomic E-state index is 10.7. The number of benzene rings is 1. The van der Waals surface area contributed by atoms with E-state index >= 15 is 0 Å². The Balaban J connectivity index is 1.97. The number of nitrogen functional groups attached to an aromatic ring is 1. The topological polar surface area (TPSA) is 94.1 Å². The predicted octanol–water partition coefficient (Wildman–Crippen LogP) is 2.88. The summed E-state index contributed by atoms with van der Waals surface area (Å²) >= 11 is 5.80. The van der Waals surface area contributed by atoms with Gasteiger partial charge in [0.1, 0.15) is 11.6 Å². The Labute approximate surface area is 120 Å². The van der Waals surface area contributed by atoms with E-state index in [9.17, 15) is 10.1 Å². The van der Waals surface area contributed by atoms with Gasteiger partial charge in [0, 0.05) is 11.6 Å². The van der Waals surface area contributed by atoms with Crippen LogP contribution in [0.5, 0.6) is 0 Å². The summed E-state index contributed by atoms with van der Waals surface area (Å²) in [5.41, 5.74) is 6.56. The minimum absolute atomic E-state index is 0.0773. The van der Waals surface area contributed by atoms with E-state index in [0.717, 1.165) is 12.0 Å². The Morgan fingerprint density at radius 2 is 2.00 bits per heavy atom. The van der Waals surface area contributed by atoms with E-state index in [1.165, 1.54) is 12.1 Å². The van der Waals surface area contributed by atoms with Crippen LogP contribution in [0.25, 0.3) is 0 Å². The third kappa shape index (κ3) is 3.83. The van der Waals surface area contributed by atoms with Gasteiger partial charge in [-0.2, -0.15) is 0 Å². The van der Waals surface area contributed by atoms with Crippen molar-refractivity contribution in [3.05, 3.63) is 57.1 Å². The highest BCUT2D eigenvalue weighted by atomic mass is 35.5. The number of nitrogens with one attached hydrogen (secondary N) is 1. The van der Waals surface area contributed by atoms with Gasteiger partial charge in [-0.3, -0.25) is 10.1 Å². The van der Waals surface area contributed by atoms with Crippen molar-refractivity contribution in [1.29, 1.82) is 0 Å². The molecule has 6 nitrogen and oxygen atoms in total. The average molecular weight is 293 g/mol. The summed E-state index contributed by atoms with van der Waals surface area (Å²) in [4.78, 5) is 14.2. The van der Waals surface area contributed by atoms with Crippen molar-refractivity contribution in [3.8, 4) is 0 Å². The van der Waals surface area contributed by atoms with Crippen molar-refractivity contribution in [2.45, 2.75) is 6.42 Å². The van der Waals surface area contributed by atoms with Crippen LogP contribution in [0.15, 0.2) is 36.4 Å². The highest BCUT2D eigenvalue weighted by Crippen LogP contribution is 2.18. The van der Waals surface area contributed by atoms with Crippen molar-refractivity contribution in [1.82, 2.24) is 4.98 Å². The fourth-order valence-electron chi connectivity index (χ4n) is 1.72. The standard InChI is InChI=1S/C13H13ClN4O2/c14-10-3-1-9(2-4-10)5-6-16-13-8-11(18(19)20)7-12(15)17-13/h1-4,7-8H,5-6H2,(H3,15,16,17). The van der Waals surface area contributed by atoms with E-state index in [2.05, 4.69) is 10.3 Å². The van der Waals surface area contributed by atoms with Crippen LogP contribution in [0.4, 0.5) is 17.3 Å². The molecule has 104 valence electrons. The fraction of sp³-hybridized carbons (Fsp3) is 0.154. The number of nitrogens with zero attached hydrogens (tertiary/aromatic N) is 2. The summed E-state index contributed by atoms with van der Waals surface area (Å²) in [6.45, 7) is 0.592. The largest absolute Gasteiger partial charge is 0.383 e.